The van der Waals surface area contributed by atoms with Crippen LogP contribution in [-0.4, -0.2) is 46.3 Å². The smallest absolute Gasteiger partial charge is 0.0648 e. The molecule has 4 rings (SSSR count). The molecule has 0 spiro atoms. The molecule has 1 aliphatic heterocycles. The summed E-state index contributed by atoms with van der Waals surface area (Å²) < 4.78 is 1.92. The summed E-state index contributed by atoms with van der Waals surface area (Å²) in [5, 5.41) is 4.33. The average Bonchev–Trinajstić information content (AvgIpc) is 3.19. The van der Waals surface area contributed by atoms with E-state index in [1.54, 1.807) is 0 Å². The van der Waals surface area contributed by atoms with E-state index in [1.807, 2.05) is 23.1 Å². The Morgan fingerprint density at radius 3 is 2.68 bits per heavy atom. The molecule has 0 unspecified atom stereocenters. The van der Waals surface area contributed by atoms with Gasteiger partial charge in [0.1, 0.15) is 0 Å². The molecule has 0 N–H and O–H groups in total. The zero-order valence-corrected chi connectivity index (χ0v) is 14.6. The Labute approximate surface area is 149 Å². The summed E-state index contributed by atoms with van der Waals surface area (Å²) >= 11 is 0. The molecule has 128 valence electrons. The van der Waals surface area contributed by atoms with Crippen LogP contribution in [0.25, 0.3) is 5.69 Å². The van der Waals surface area contributed by atoms with Gasteiger partial charge in [-0.1, -0.05) is 42.5 Å². The quantitative estimate of drug-likeness (QED) is 0.732. The van der Waals surface area contributed by atoms with Gasteiger partial charge in [0, 0.05) is 44.6 Å². The maximum Gasteiger partial charge on any atom is 0.0648 e. The van der Waals surface area contributed by atoms with E-state index in [9.17, 15) is 0 Å². The van der Waals surface area contributed by atoms with Gasteiger partial charge in [-0.15, -0.1) is 0 Å². The fourth-order valence-corrected chi connectivity index (χ4v) is 3.59. The van der Waals surface area contributed by atoms with E-state index in [4.69, 9.17) is 0 Å². The van der Waals surface area contributed by atoms with E-state index in [2.05, 4.69) is 76.5 Å². The fraction of sp³-hybridized carbons (Fsp3) is 0.286. The fourth-order valence-electron chi connectivity index (χ4n) is 3.59. The van der Waals surface area contributed by atoms with Crippen molar-refractivity contribution in [3.05, 3.63) is 84.2 Å². The third kappa shape index (κ3) is 3.65. The molecule has 1 saturated heterocycles. The van der Waals surface area contributed by atoms with Crippen LogP contribution in [0.1, 0.15) is 17.2 Å². The number of piperazine rings is 1. The van der Waals surface area contributed by atoms with Crippen molar-refractivity contribution in [1.82, 2.24) is 19.6 Å². The molecule has 2 aromatic carbocycles. The summed E-state index contributed by atoms with van der Waals surface area (Å²) in [6, 6.07) is 21.9. The van der Waals surface area contributed by atoms with Gasteiger partial charge in [-0.3, -0.25) is 9.80 Å². The van der Waals surface area contributed by atoms with Crippen LogP contribution in [-0.2, 0) is 6.54 Å². The van der Waals surface area contributed by atoms with Crippen molar-refractivity contribution in [2.24, 2.45) is 0 Å². The van der Waals surface area contributed by atoms with Gasteiger partial charge in [0.05, 0.1) is 5.69 Å². The molecule has 2 heterocycles. The van der Waals surface area contributed by atoms with E-state index in [0.717, 1.165) is 31.9 Å². The third-order valence-electron chi connectivity index (χ3n) is 5.00. The van der Waals surface area contributed by atoms with Crippen LogP contribution in [0.5, 0.6) is 0 Å². The van der Waals surface area contributed by atoms with Crippen molar-refractivity contribution in [2.45, 2.75) is 12.6 Å². The van der Waals surface area contributed by atoms with Crippen LogP contribution in [0.4, 0.5) is 0 Å². The molecular weight excluding hydrogens is 308 g/mol. The number of nitrogens with zero attached hydrogens (tertiary/aromatic N) is 4. The highest BCUT2D eigenvalue weighted by molar-refractivity contribution is 5.35. The topological polar surface area (TPSA) is 24.3 Å². The Hall–Kier alpha value is -2.43. The maximum atomic E-state index is 4.33. The summed E-state index contributed by atoms with van der Waals surface area (Å²) in [6.07, 6.45) is 3.80. The first-order valence-corrected chi connectivity index (χ1v) is 8.86. The largest absolute Gasteiger partial charge is 0.297 e. The van der Waals surface area contributed by atoms with Gasteiger partial charge < -0.3 is 0 Å². The van der Waals surface area contributed by atoms with Crippen LogP contribution < -0.4 is 0 Å². The number of benzene rings is 2. The summed E-state index contributed by atoms with van der Waals surface area (Å²) in [4.78, 5) is 5.02. The van der Waals surface area contributed by atoms with Gasteiger partial charge >= 0.3 is 0 Å². The Morgan fingerprint density at radius 1 is 1.00 bits per heavy atom. The molecule has 1 aliphatic rings. The van der Waals surface area contributed by atoms with E-state index >= 15 is 0 Å². The molecule has 0 bridgehead atoms. The summed E-state index contributed by atoms with van der Waals surface area (Å²) in [6.45, 7) is 4.24. The first-order valence-electron chi connectivity index (χ1n) is 8.86. The molecule has 0 radical (unpaired) electrons. The number of aromatic nitrogens is 2. The summed E-state index contributed by atoms with van der Waals surface area (Å²) in [7, 11) is 2.23. The minimum atomic E-state index is 0.462. The standard InChI is InChI=1S/C21H24N4/c1-23-13-14-24(17-21(23)19-8-3-2-4-9-19)16-18-7-5-10-20(15-18)25-12-6-11-22-25/h2-12,15,21H,13-14,16-17H2,1H3/t21-/m0/s1. The van der Waals surface area contributed by atoms with Crippen LogP contribution >= 0.6 is 0 Å². The highest BCUT2D eigenvalue weighted by atomic mass is 15.3. The van der Waals surface area contributed by atoms with Crippen LogP contribution in [0.2, 0.25) is 0 Å². The molecule has 25 heavy (non-hydrogen) atoms. The predicted octanol–water partition coefficient (Wildman–Crippen LogP) is 3.36. The third-order valence-corrected chi connectivity index (χ3v) is 5.00. The second kappa shape index (κ2) is 7.21. The van der Waals surface area contributed by atoms with Gasteiger partial charge in [-0.2, -0.15) is 5.10 Å². The van der Waals surface area contributed by atoms with Crippen LogP contribution in [0, 0.1) is 0 Å². The molecular formula is C21H24N4. The second-order valence-corrected chi connectivity index (χ2v) is 6.76. The molecule has 0 saturated carbocycles. The van der Waals surface area contributed by atoms with E-state index in [1.165, 1.54) is 11.1 Å². The average molecular weight is 332 g/mol. The lowest BCUT2D eigenvalue weighted by molar-refractivity contribution is 0.0905. The van der Waals surface area contributed by atoms with Gasteiger partial charge in [0.2, 0.25) is 0 Å². The highest BCUT2D eigenvalue weighted by Crippen LogP contribution is 2.25. The lowest BCUT2D eigenvalue weighted by Gasteiger charge is -2.39. The van der Waals surface area contributed by atoms with Gasteiger partial charge in [0.15, 0.2) is 0 Å². The van der Waals surface area contributed by atoms with E-state index < -0.39 is 0 Å². The van der Waals surface area contributed by atoms with Crippen molar-refractivity contribution in [2.75, 3.05) is 26.7 Å². The Kier molecular flexibility index (Phi) is 4.63. The number of likely N-dealkylation sites (N-methyl/N-ethyl adjacent to an activating group) is 1. The Balaban J connectivity index is 1.49. The molecule has 0 amide bonds. The monoisotopic (exact) mass is 332 g/mol. The first kappa shape index (κ1) is 16.1. The molecule has 4 heteroatoms. The molecule has 4 nitrogen and oxygen atoms in total. The van der Waals surface area contributed by atoms with Gasteiger partial charge in [0.25, 0.3) is 0 Å². The zero-order chi connectivity index (χ0) is 17.1. The van der Waals surface area contributed by atoms with Crippen molar-refractivity contribution in [3.63, 3.8) is 0 Å². The van der Waals surface area contributed by atoms with Crippen LogP contribution in [0.3, 0.4) is 0 Å². The first-order chi connectivity index (χ1) is 12.3. The molecule has 1 aromatic heterocycles. The molecule has 0 aliphatic carbocycles. The lowest BCUT2D eigenvalue weighted by Crippen LogP contribution is -2.46. The summed E-state index contributed by atoms with van der Waals surface area (Å²) in [5.74, 6) is 0. The lowest BCUT2D eigenvalue weighted by atomic mass is 10.0. The SMILES string of the molecule is CN1CCN(Cc2cccc(-n3cccn3)c2)C[C@H]1c1ccccc1. The number of rotatable bonds is 4. The number of hydrogen-bond donors (Lipinski definition) is 0. The van der Waals surface area contributed by atoms with Crippen molar-refractivity contribution >= 4 is 0 Å². The van der Waals surface area contributed by atoms with Crippen LogP contribution in [0.15, 0.2) is 73.1 Å². The zero-order valence-electron chi connectivity index (χ0n) is 14.6. The van der Waals surface area contributed by atoms with Gasteiger partial charge in [-0.25, -0.2) is 4.68 Å². The van der Waals surface area contributed by atoms with Gasteiger partial charge in [-0.05, 0) is 36.4 Å². The Bertz CT molecular complexity index is 798. The second-order valence-electron chi connectivity index (χ2n) is 6.76. The van der Waals surface area contributed by atoms with E-state index in [-0.39, 0.29) is 0 Å². The maximum absolute atomic E-state index is 4.33. The predicted molar refractivity (Wildman–Crippen MR) is 101 cm³/mol. The molecule has 1 atom stereocenters. The molecule has 1 fully saturated rings. The Morgan fingerprint density at radius 2 is 1.88 bits per heavy atom. The van der Waals surface area contributed by atoms with Crippen molar-refractivity contribution in [3.8, 4) is 5.69 Å². The normalized spacial score (nSPS) is 19.2. The summed E-state index contributed by atoms with van der Waals surface area (Å²) in [5.41, 5.74) is 3.86. The number of hydrogen-bond acceptors (Lipinski definition) is 3. The van der Waals surface area contributed by atoms with Crippen molar-refractivity contribution in [1.29, 1.82) is 0 Å². The minimum absolute atomic E-state index is 0.462. The molecule has 3 aromatic rings. The van der Waals surface area contributed by atoms with E-state index in [0.29, 0.717) is 6.04 Å². The van der Waals surface area contributed by atoms with Crippen molar-refractivity contribution < 1.29 is 0 Å². The minimum Gasteiger partial charge on any atom is -0.297 e. The highest BCUT2D eigenvalue weighted by Gasteiger charge is 2.25.